The molecule has 4 heterocycles. The van der Waals surface area contributed by atoms with Gasteiger partial charge in [0.15, 0.2) is 0 Å². The molecule has 0 spiro atoms. The minimum Gasteiger partial charge on any atom is -0.306 e. The molecule has 0 aliphatic rings. The average molecular weight is 358 g/mol. The van der Waals surface area contributed by atoms with Crippen LogP contribution >= 0.6 is 11.3 Å². The second-order valence-electron chi connectivity index (χ2n) is 7.02. The lowest BCUT2D eigenvalue weighted by atomic mass is 9.88. The Bertz CT molecular complexity index is 1120. The Labute approximate surface area is 156 Å². The van der Waals surface area contributed by atoms with Gasteiger partial charge in [-0.3, -0.25) is 0 Å². The van der Waals surface area contributed by atoms with Crippen molar-refractivity contribution in [2.24, 2.45) is 0 Å². The number of hydrogen-bond donors (Lipinski definition) is 0. The maximum Gasteiger partial charge on any atom is 0.205 e. The van der Waals surface area contributed by atoms with E-state index in [4.69, 9.17) is 4.98 Å². The number of fused-ring (bicyclic) bond motifs is 1. The maximum atomic E-state index is 4.88. The summed E-state index contributed by atoms with van der Waals surface area (Å²) in [6, 6.07) is 10.1. The summed E-state index contributed by atoms with van der Waals surface area (Å²) < 4.78 is 2.10. The van der Waals surface area contributed by atoms with Crippen molar-refractivity contribution in [3.63, 3.8) is 0 Å². The molecule has 128 valence electrons. The predicted molar refractivity (Wildman–Crippen MR) is 105 cm³/mol. The van der Waals surface area contributed by atoms with Crippen molar-refractivity contribution in [3.05, 3.63) is 71.4 Å². The van der Waals surface area contributed by atoms with Crippen LogP contribution in [-0.4, -0.2) is 19.4 Å². The Morgan fingerprint density at radius 1 is 1.00 bits per heavy atom. The largest absolute Gasteiger partial charge is 0.306 e. The number of aromatic nitrogens is 4. The molecule has 0 fully saturated rings. The van der Waals surface area contributed by atoms with E-state index < -0.39 is 0 Å². The van der Waals surface area contributed by atoms with Gasteiger partial charge in [0.05, 0.1) is 15.4 Å². The van der Waals surface area contributed by atoms with Gasteiger partial charge in [0.25, 0.3) is 0 Å². The lowest BCUT2D eigenvalue weighted by molar-refractivity contribution is 0.592. The van der Waals surface area contributed by atoms with Crippen LogP contribution in [0, 0.1) is 11.8 Å². The van der Waals surface area contributed by atoms with Crippen LogP contribution < -0.4 is 0 Å². The van der Waals surface area contributed by atoms with Crippen molar-refractivity contribution in [1.82, 2.24) is 19.4 Å². The maximum absolute atomic E-state index is 4.88. The van der Waals surface area contributed by atoms with Crippen LogP contribution in [0.15, 0.2) is 55.1 Å². The minimum absolute atomic E-state index is 0.0485. The van der Waals surface area contributed by atoms with Crippen molar-refractivity contribution in [2.45, 2.75) is 26.2 Å². The van der Waals surface area contributed by atoms with Crippen molar-refractivity contribution < 1.29 is 0 Å². The van der Waals surface area contributed by atoms with Crippen LogP contribution in [0.25, 0.3) is 16.2 Å². The van der Waals surface area contributed by atoms with E-state index in [1.165, 1.54) is 5.56 Å². The molecule has 4 aromatic rings. The van der Waals surface area contributed by atoms with E-state index >= 15 is 0 Å². The molecule has 5 heteroatoms. The van der Waals surface area contributed by atoms with E-state index in [9.17, 15) is 0 Å². The normalized spacial score (nSPS) is 11.3. The van der Waals surface area contributed by atoms with E-state index in [-0.39, 0.29) is 5.41 Å². The van der Waals surface area contributed by atoms with Gasteiger partial charge in [-0.1, -0.05) is 26.8 Å². The minimum atomic E-state index is 0.0485. The second kappa shape index (κ2) is 6.40. The number of nitrogens with zero attached hydrogens (tertiary/aromatic N) is 4. The highest BCUT2D eigenvalue weighted by Gasteiger charge is 2.19. The molecule has 0 unspecified atom stereocenters. The van der Waals surface area contributed by atoms with Gasteiger partial charge in [0.2, 0.25) is 5.82 Å². The van der Waals surface area contributed by atoms with E-state index in [0.717, 1.165) is 21.1 Å². The van der Waals surface area contributed by atoms with E-state index in [1.807, 2.05) is 12.3 Å². The summed E-state index contributed by atoms with van der Waals surface area (Å²) in [5, 5.41) is 0. The van der Waals surface area contributed by atoms with Gasteiger partial charge >= 0.3 is 0 Å². The fraction of sp³-hybridized carbons (Fsp3) is 0.190. The molecule has 4 rings (SSSR count). The van der Waals surface area contributed by atoms with Crippen LogP contribution in [0.2, 0.25) is 0 Å². The predicted octanol–water partition coefficient (Wildman–Crippen LogP) is 4.55. The van der Waals surface area contributed by atoms with Crippen LogP contribution in [0.1, 0.15) is 37.0 Å². The van der Waals surface area contributed by atoms with Crippen LogP contribution in [0.4, 0.5) is 0 Å². The molecule has 26 heavy (non-hydrogen) atoms. The van der Waals surface area contributed by atoms with Crippen molar-refractivity contribution in [1.29, 1.82) is 0 Å². The summed E-state index contributed by atoms with van der Waals surface area (Å²) in [6.07, 6.45) is 7.51. The molecule has 0 saturated heterocycles. The molecule has 0 saturated carbocycles. The zero-order valence-corrected chi connectivity index (χ0v) is 15.7. The van der Waals surface area contributed by atoms with Gasteiger partial charge in [-0.25, -0.2) is 15.0 Å². The second-order valence-corrected chi connectivity index (χ2v) is 8.10. The Morgan fingerprint density at radius 2 is 1.81 bits per heavy atom. The highest BCUT2D eigenvalue weighted by molar-refractivity contribution is 7.16. The summed E-state index contributed by atoms with van der Waals surface area (Å²) in [5.41, 5.74) is 3.26. The van der Waals surface area contributed by atoms with Gasteiger partial charge in [-0.05, 0) is 41.5 Å². The number of thiophene rings is 1. The first-order chi connectivity index (χ1) is 12.5. The van der Waals surface area contributed by atoms with E-state index in [0.29, 0.717) is 5.82 Å². The fourth-order valence-corrected chi connectivity index (χ4v) is 3.56. The standard InChI is InChI=1S/C21H18N4S/c1-21(2,3)16-6-4-13-25-14-17(24-20(16)25)18-9-7-15(26-18)8-10-19-22-11-5-12-23-19/h4-7,9,11-14H,1-3H3. The molecule has 0 bridgehead atoms. The van der Waals surface area contributed by atoms with Crippen molar-refractivity contribution in [3.8, 4) is 22.4 Å². The molecule has 0 aromatic carbocycles. The summed E-state index contributed by atoms with van der Waals surface area (Å²) in [6.45, 7) is 6.63. The zero-order chi connectivity index (χ0) is 18.1. The lowest BCUT2D eigenvalue weighted by Crippen LogP contribution is -2.12. The topological polar surface area (TPSA) is 43.1 Å². The Kier molecular flexibility index (Phi) is 4.06. The molecular formula is C21H18N4S. The first-order valence-corrected chi connectivity index (χ1v) is 9.20. The molecule has 0 atom stereocenters. The first-order valence-electron chi connectivity index (χ1n) is 8.38. The Balaban J connectivity index is 1.69. The molecule has 0 radical (unpaired) electrons. The SMILES string of the molecule is CC(C)(C)c1cccn2cc(-c3ccc(C#Cc4ncccn4)s3)nc12. The third kappa shape index (κ3) is 3.24. The third-order valence-electron chi connectivity index (χ3n) is 4.01. The van der Waals surface area contributed by atoms with Crippen LogP contribution in [0.5, 0.6) is 0 Å². The van der Waals surface area contributed by atoms with Crippen molar-refractivity contribution in [2.75, 3.05) is 0 Å². The smallest absolute Gasteiger partial charge is 0.205 e. The zero-order valence-electron chi connectivity index (χ0n) is 14.9. The monoisotopic (exact) mass is 358 g/mol. The molecule has 0 amide bonds. The molecule has 4 nitrogen and oxygen atoms in total. The van der Waals surface area contributed by atoms with Crippen molar-refractivity contribution >= 4 is 17.0 Å². The van der Waals surface area contributed by atoms with Gasteiger partial charge in [-0.15, -0.1) is 11.3 Å². The number of pyridine rings is 1. The first kappa shape index (κ1) is 16.5. The quantitative estimate of drug-likeness (QED) is 0.469. The summed E-state index contributed by atoms with van der Waals surface area (Å²) >= 11 is 1.63. The van der Waals surface area contributed by atoms with E-state index in [2.05, 4.69) is 71.4 Å². The lowest BCUT2D eigenvalue weighted by Gasteiger charge is -2.19. The average Bonchev–Trinajstić information content (AvgIpc) is 3.26. The number of hydrogen-bond acceptors (Lipinski definition) is 4. The summed E-state index contributed by atoms with van der Waals surface area (Å²) in [7, 11) is 0. The van der Waals surface area contributed by atoms with E-state index in [1.54, 1.807) is 29.8 Å². The van der Waals surface area contributed by atoms with Gasteiger partial charge in [0.1, 0.15) is 5.65 Å². The van der Waals surface area contributed by atoms with Crippen LogP contribution in [-0.2, 0) is 5.41 Å². The molecule has 0 aliphatic carbocycles. The van der Waals surface area contributed by atoms with Gasteiger partial charge in [-0.2, -0.15) is 0 Å². The number of imidazole rings is 1. The molecular weight excluding hydrogens is 340 g/mol. The molecule has 0 N–H and O–H groups in total. The molecule has 0 aliphatic heterocycles. The number of rotatable bonds is 1. The molecule has 4 aromatic heterocycles. The van der Waals surface area contributed by atoms with Crippen LogP contribution in [0.3, 0.4) is 0 Å². The fourth-order valence-electron chi connectivity index (χ4n) is 2.74. The van der Waals surface area contributed by atoms with Gasteiger partial charge < -0.3 is 4.40 Å². The summed E-state index contributed by atoms with van der Waals surface area (Å²) in [5.74, 6) is 6.66. The summed E-state index contributed by atoms with van der Waals surface area (Å²) in [4.78, 5) is 15.2. The highest BCUT2D eigenvalue weighted by Crippen LogP contribution is 2.31. The Morgan fingerprint density at radius 3 is 2.58 bits per heavy atom. The third-order valence-corrected chi connectivity index (χ3v) is 5.04. The highest BCUT2D eigenvalue weighted by atomic mass is 32.1. The van der Waals surface area contributed by atoms with Gasteiger partial charge in [0, 0.05) is 30.4 Å². The Hall–Kier alpha value is -2.97.